The molecule has 0 saturated carbocycles. The van der Waals surface area contributed by atoms with Crippen LogP contribution in [0.5, 0.6) is 5.75 Å². The summed E-state index contributed by atoms with van der Waals surface area (Å²) in [5, 5.41) is 20.8. The molecular formula is C10H11Br2F2NO3. The maximum atomic E-state index is 12.1. The quantitative estimate of drug-likeness (QED) is 0.698. The van der Waals surface area contributed by atoms with E-state index in [-0.39, 0.29) is 18.9 Å². The Bertz CT molecular complexity index is 384. The molecule has 1 rings (SSSR count). The van der Waals surface area contributed by atoms with Crippen molar-refractivity contribution in [2.75, 3.05) is 18.5 Å². The second kappa shape index (κ2) is 7.22. The van der Waals surface area contributed by atoms with E-state index in [2.05, 4.69) is 41.9 Å². The van der Waals surface area contributed by atoms with Crippen LogP contribution in [0.2, 0.25) is 0 Å². The van der Waals surface area contributed by atoms with E-state index in [4.69, 9.17) is 5.11 Å². The molecule has 0 bridgehead atoms. The van der Waals surface area contributed by atoms with Gasteiger partial charge >= 0.3 is 6.61 Å². The van der Waals surface area contributed by atoms with E-state index in [0.29, 0.717) is 14.6 Å². The standard InChI is InChI=1S/C10H11Br2F2NO3/c11-7-1-6(18-10(13)14)2-8(12)9(7)15-3-5(17)4-16/h1-2,5,10,15-17H,3-4H2. The molecule has 0 aliphatic rings. The molecule has 0 aromatic heterocycles. The number of hydrogen-bond donors (Lipinski definition) is 3. The van der Waals surface area contributed by atoms with Crippen LogP contribution >= 0.6 is 31.9 Å². The third-order valence-electron chi connectivity index (χ3n) is 1.97. The molecule has 0 radical (unpaired) electrons. The second-order valence-corrected chi connectivity index (χ2v) is 5.07. The molecule has 8 heteroatoms. The Balaban J connectivity index is 2.81. The Labute approximate surface area is 119 Å². The average molecular weight is 391 g/mol. The SMILES string of the molecule is OCC(O)CNc1c(Br)cc(OC(F)F)cc1Br. The van der Waals surface area contributed by atoms with Gasteiger partial charge in [-0.05, 0) is 44.0 Å². The molecule has 1 aromatic carbocycles. The normalized spacial score (nSPS) is 12.6. The summed E-state index contributed by atoms with van der Waals surface area (Å²) < 4.78 is 29.4. The molecule has 1 unspecified atom stereocenters. The predicted molar refractivity (Wildman–Crippen MR) is 70.1 cm³/mol. The van der Waals surface area contributed by atoms with Crippen LogP contribution < -0.4 is 10.1 Å². The van der Waals surface area contributed by atoms with Crippen LogP contribution in [0, 0.1) is 0 Å². The van der Waals surface area contributed by atoms with Crippen LogP contribution in [-0.2, 0) is 0 Å². The highest BCUT2D eigenvalue weighted by Crippen LogP contribution is 2.35. The fourth-order valence-corrected chi connectivity index (χ4v) is 2.60. The third kappa shape index (κ3) is 4.68. The smallest absolute Gasteiger partial charge is 0.387 e. The summed E-state index contributed by atoms with van der Waals surface area (Å²) in [6.07, 6.45) is -0.902. The van der Waals surface area contributed by atoms with Crippen molar-refractivity contribution in [3.8, 4) is 5.75 Å². The lowest BCUT2D eigenvalue weighted by Crippen LogP contribution is -2.23. The minimum atomic E-state index is -2.89. The predicted octanol–water partition coefficient (Wildman–Crippen LogP) is 2.58. The molecule has 1 atom stereocenters. The topological polar surface area (TPSA) is 61.7 Å². The van der Waals surface area contributed by atoms with Crippen molar-refractivity contribution < 1.29 is 23.7 Å². The monoisotopic (exact) mass is 389 g/mol. The van der Waals surface area contributed by atoms with Gasteiger partial charge in [0.15, 0.2) is 0 Å². The van der Waals surface area contributed by atoms with E-state index in [9.17, 15) is 13.9 Å². The Morgan fingerprint density at radius 1 is 1.28 bits per heavy atom. The second-order valence-electron chi connectivity index (χ2n) is 3.36. The molecule has 0 amide bonds. The first kappa shape index (κ1) is 15.6. The molecular weight excluding hydrogens is 380 g/mol. The number of hydrogen-bond acceptors (Lipinski definition) is 4. The Morgan fingerprint density at radius 2 is 1.83 bits per heavy atom. The average Bonchev–Trinajstić information content (AvgIpc) is 2.26. The highest BCUT2D eigenvalue weighted by atomic mass is 79.9. The lowest BCUT2D eigenvalue weighted by Gasteiger charge is -2.15. The first-order valence-corrected chi connectivity index (χ1v) is 6.49. The van der Waals surface area contributed by atoms with Gasteiger partial charge in [-0.2, -0.15) is 8.78 Å². The van der Waals surface area contributed by atoms with Gasteiger partial charge in [-0.15, -0.1) is 0 Å². The summed E-state index contributed by atoms with van der Waals surface area (Å²) in [5.41, 5.74) is 0.573. The maximum Gasteiger partial charge on any atom is 0.387 e. The zero-order valence-electron chi connectivity index (χ0n) is 9.04. The van der Waals surface area contributed by atoms with E-state index in [0.717, 1.165) is 0 Å². The number of benzene rings is 1. The van der Waals surface area contributed by atoms with Gasteiger partial charge in [0.1, 0.15) is 5.75 Å². The van der Waals surface area contributed by atoms with Gasteiger partial charge in [-0.3, -0.25) is 0 Å². The minimum absolute atomic E-state index is 0.0111. The molecule has 4 nitrogen and oxygen atoms in total. The van der Waals surface area contributed by atoms with Crippen molar-refractivity contribution in [3.63, 3.8) is 0 Å². The fraction of sp³-hybridized carbons (Fsp3) is 0.400. The molecule has 0 aliphatic carbocycles. The van der Waals surface area contributed by atoms with Gasteiger partial charge in [0.25, 0.3) is 0 Å². The fourth-order valence-electron chi connectivity index (χ4n) is 1.17. The van der Waals surface area contributed by atoms with Crippen LogP contribution in [0.1, 0.15) is 0 Å². The Hall–Kier alpha value is -0.440. The number of ether oxygens (including phenoxy) is 1. The van der Waals surface area contributed by atoms with E-state index in [1.807, 2.05) is 0 Å². The van der Waals surface area contributed by atoms with Gasteiger partial charge in [0.2, 0.25) is 0 Å². The van der Waals surface area contributed by atoms with Crippen LogP contribution in [0.4, 0.5) is 14.5 Å². The van der Waals surface area contributed by atoms with Crippen LogP contribution in [0.15, 0.2) is 21.1 Å². The van der Waals surface area contributed by atoms with Crippen molar-refractivity contribution >= 4 is 37.5 Å². The molecule has 0 fully saturated rings. The lowest BCUT2D eigenvalue weighted by atomic mass is 10.3. The molecule has 102 valence electrons. The molecule has 0 saturated heterocycles. The number of nitrogens with one attached hydrogen (secondary N) is 1. The third-order valence-corrected chi connectivity index (χ3v) is 3.22. The summed E-state index contributed by atoms with van der Waals surface area (Å²) in [5.74, 6) is 0.0111. The van der Waals surface area contributed by atoms with Crippen LogP contribution in [0.3, 0.4) is 0 Å². The van der Waals surface area contributed by atoms with Crippen LogP contribution in [-0.4, -0.2) is 36.1 Å². The van der Waals surface area contributed by atoms with Gasteiger partial charge in [-0.1, -0.05) is 0 Å². The number of aliphatic hydroxyl groups is 2. The maximum absolute atomic E-state index is 12.1. The van der Waals surface area contributed by atoms with Gasteiger partial charge in [0.05, 0.1) is 18.4 Å². The molecule has 0 aliphatic heterocycles. The van der Waals surface area contributed by atoms with E-state index in [1.54, 1.807) is 0 Å². The van der Waals surface area contributed by atoms with Gasteiger partial charge < -0.3 is 20.3 Å². The summed E-state index contributed by atoms with van der Waals surface area (Å²) >= 11 is 6.40. The Kier molecular flexibility index (Phi) is 6.27. The first-order chi connectivity index (χ1) is 8.43. The largest absolute Gasteiger partial charge is 0.435 e. The molecule has 1 aromatic rings. The summed E-state index contributed by atoms with van der Waals surface area (Å²) in [6, 6.07) is 2.76. The molecule has 0 heterocycles. The zero-order chi connectivity index (χ0) is 13.7. The van der Waals surface area contributed by atoms with E-state index >= 15 is 0 Å². The summed E-state index contributed by atoms with van der Waals surface area (Å²) in [6.45, 7) is -3.13. The van der Waals surface area contributed by atoms with Crippen molar-refractivity contribution in [1.29, 1.82) is 0 Å². The minimum Gasteiger partial charge on any atom is -0.435 e. The number of rotatable bonds is 6. The van der Waals surface area contributed by atoms with E-state index in [1.165, 1.54) is 12.1 Å². The highest BCUT2D eigenvalue weighted by Gasteiger charge is 2.12. The van der Waals surface area contributed by atoms with Crippen molar-refractivity contribution in [3.05, 3.63) is 21.1 Å². The van der Waals surface area contributed by atoms with Gasteiger partial charge in [0, 0.05) is 15.5 Å². The van der Waals surface area contributed by atoms with Crippen molar-refractivity contribution in [2.24, 2.45) is 0 Å². The van der Waals surface area contributed by atoms with Crippen LogP contribution in [0.25, 0.3) is 0 Å². The molecule has 3 N–H and O–H groups in total. The van der Waals surface area contributed by atoms with Crippen molar-refractivity contribution in [1.82, 2.24) is 0 Å². The summed E-state index contributed by atoms with van der Waals surface area (Å²) in [7, 11) is 0. The number of aliphatic hydroxyl groups excluding tert-OH is 2. The Morgan fingerprint density at radius 3 is 2.28 bits per heavy atom. The highest BCUT2D eigenvalue weighted by molar-refractivity contribution is 9.11. The first-order valence-electron chi connectivity index (χ1n) is 4.90. The number of halogens is 4. The zero-order valence-corrected chi connectivity index (χ0v) is 12.2. The lowest BCUT2D eigenvalue weighted by molar-refractivity contribution is -0.0499. The van der Waals surface area contributed by atoms with Gasteiger partial charge in [-0.25, -0.2) is 0 Å². The summed E-state index contributed by atoms with van der Waals surface area (Å²) in [4.78, 5) is 0. The number of anilines is 1. The molecule has 0 spiro atoms. The van der Waals surface area contributed by atoms with Crippen molar-refractivity contribution in [2.45, 2.75) is 12.7 Å². The number of alkyl halides is 2. The van der Waals surface area contributed by atoms with E-state index < -0.39 is 12.7 Å². The molecule has 18 heavy (non-hydrogen) atoms.